The van der Waals surface area contributed by atoms with E-state index in [2.05, 4.69) is 15.2 Å². The van der Waals surface area contributed by atoms with Crippen LogP contribution in [0.5, 0.6) is 0 Å². The summed E-state index contributed by atoms with van der Waals surface area (Å²) in [6.07, 6.45) is 6.45. The van der Waals surface area contributed by atoms with Crippen molar-refractivity contribution in [1.29, 1.82) is 0 Å². The van der Waals surface area contributed by atoms with Crippen LogP contribution in [0.25, 0.3) is 11.3 Å². The van der Waals surface area contributed by atoms with Gasteiger partial charge in [-0.25, -0.2) is 4.79 Å². The third kappa shape index (κ3) is 3.66. The molecule has 2 aromatic heterocycles. The highest BCUT2D eigenvalue weighted by Crippen LogP contribution is 2.44. The molecule has 1 aromatic carbocycles. The number of ether oxygens (including phenoxy) is 1. The highest BCUT2D eigenvalue weighted by atomic mass is 32.1. The van der Waals surface area contributed by atoms with Gasteiger partial charge in [-0.1, -0.05) is 37.1 Å². The minimum atomic E-state index is -0.388. The zero-order valence-corrected chi connectivity index (χ0v) is 18.7. The first-order valence-corrected chi connectivity index (χ1v) is 11.4. The van der Waals surface area contributed by atoms with Crippen molar-refractivity contribution in [1.82, 2.24) is 15.2 Å². The van der Waals surface area contributed by atoms with E-state index >= 15 is 0 Å². The second-order valence-corrected chi connectivity index (χ2v) is 8.60. The van der Waals surface area contributed by atoms with Crippen molar-refractivity contribution in [3.63, 3.8) is 0 Å². The molecule has 3 heterocycles. The molecule has 0 bridgehead atoms. The molecule has 7 heteroatoms. The van der Waals surface area contributed by atoms with Gasteiger partial charge in [-0.3, -0.25) is 4.98 Å². The van der Waals surface area contributed by atoms with Crippen LogP contribution >= 0.6 is 12.2 Å². The van der Waals surface area contributed by atoms with E-state index in [0.717, 1.165) is 29.4 Å². The lowest BCUT2D eigenvalue weighted by Crippen LogP contribution is -2.37. The van der Waals surface area contributed by atoms with Crippen LogP contribution in [0.3, 0.4) is 0 Å². The topological polar surface area (TPSA) is 67.6 Å². The van der Waals surface area contributed by atoms with Crippen LogP contribution in [0.15, 0.2) is 65.2 Å². The zero-order chi connectivity index (χ0) is 22.1. The standard InChI is InChI=1S/C25H25N3O3S/c1-30-24(29)18-11-5-4-10-17(18)20-13-14-21(31-20)23-22(19-12-6-7-15-26-19)27-25(32)28(23)16-8-2-3-9-16/h4-7,10-16,22-23H,2-3,8-9H2,1H3,(H,27,32). The van der Waals surface area contributed by atoms with Crippen LogP contribution in [-0.2, 0) is 4.74 Å². The van der Waals surface area contributed by atoms with Crippen LogP contribution < -0.4 is 5.32 Å². The number of rotatable bonds is 5. The van der Waals surface area contributed by atoms with E-state index in [0.29, 0.717) is 22.9 Å². The Morgan fingerprint density at radius 2 is 1.91 bits per heavy atom. The second-order valence-electron chi connectivity index (χ2n) is 8.21. The predicted molar refractivity (Wildman–Crippen MR) is 125 cm³/mol. The summed E-state index contributed by atoms with van der Waals surface area (Å²) < 4.78 is 11.4. The van der Waals surface area contributed by atoms with Gasteiger partial charge in [-0.2, -0.15) is 0 Å². The number of carbonyl (C=O) groups excluding carboxylic acids is 1. The van der Waals surface area contributed by atoms with Crippen molar-refractivity contribution in [3.8, 4) is 11.3 Å². The SMILES string of the molecule is COC(=O)c1ccccc1-c1ccc(C2C(c3ccccn3)NC(=S)N2C2CCCC2)o1. The van der Waals surface area contributed by atoms with Gasteiger partial charge >= 0.3 is 5.97 Å². The molecule has 5 rings (SSSR count). The van der Waals surface area contributed by atoms with E-state index in [1.54, 1.807) is 12.3 Å². The van der Waals surface area contributed by atoms with Crippen LogP contribution in [0.2, 0.25) is 0 Å². The minimum Gasteiger partial charge on any atom is -0.465 e. The van der Waals surface area contributed by atoms with E-state index in [4.69, 9.17) is 21.4 Å². The number of nitrogens with one attached hydrogen (secondary N) is 1. The quantitative estimate of drug-likeness (QED) is 0.434. The number of methoxy groups -OCH3 is 1. The molecule has 2 aliphatic rings. The molecular formula is C25H25N3O3S. The molecule has 2 unspecified atom stereocenters. The Kier molecular flexibility index (Phi) is 5.66. The van der Waals surface area contributed by atoms with Gasteiger partial charge in [-0.05, 0) is 55.4 Å². The third-order valence-corrected chi connectivity index (χ3v) is 6.70. The van der Waals surface area contributed by atoms with Crippen molar-refractivity contribution in [2.24, 2.45) is 0 Å². The summed E-state index contributed by atoms with van der Waals surface area (Å²) in [4.78, 5) is 19.2. The summed E-state index contributed by atoms with van der Waals surface area (Å²) in [7, 11) is 1.38. The van der Waals surface area contributed by atoms with E-state index < -0.39 is 0 Å². The molecule has 1 saturated carbocycles. The van der Waals surface area contributed by atoms with Crippen LogP contribution in [0.4, 0.5) is 0 Å². The monoisotopic (exact) mass is 447 g/mol. The van der Waals surface area contributed by atoms with Crippen molar-refractivity contribution < 1.29 is 13.9 Å². The van der Waals surface area contributed by atoms with Gasteiger partial charge in [0.15, 0.2) is 5.11 Å². The molecular weight excluding hydrogens is 422 g/mol. The molecule has 0 spiro atoms. The number of carbonyl (C=O) groups is 1. The number of thiocarbonyl (C=S) groups is 1. The normalized spacial score (nSPS) is 21.0. The summed E-state index contributed by atoms with van der Waals surface area (Å²) in [6.45, 7) is 0. The van der Waals surface area contributed by atoms with Gasteiger partial charge in [0.05, 0.1) is 24.4 Å². The molecule has 0 amide bonds. The van der Waals surface area contributed by atoms with Crippen LogP contribution in [-0.4, -0.2) is 34.1 Å². The molecule has 0 radical (unpaired) electrons. The first-order chi connectivity index (χ1) is 15.7. The Hall–Kier alpha value is -3.19. The number of nitrogens with zero attached hydrogens (tertiary/aromatic N) is 2. The zero-order valence-electron chi connectivity index (χ0n) is 17.9. The number of hydrogen-bond donors (Lipinski definition) is 1. The third-order valence-electron chi connectivity index (χ3n) is 6.37. The molecule has 1 N–H and O–H groups in total. The molecule has 32 heavy (non-hydrogen) atoms. The number of pyridine rings is 1. The maximum Gasteiger partial charge on any atom is 0.338 e. The Morgan fingerprint density at radius 1 is 1.12 bits per heavy atom. The summed E-state index contributed by atoms with van der Waals surface area (Å²) in [5, 5.41) is 4.24. The number of hydrogen-bond acceptors (Lipinski definition) is 5. The van der Waals surface area contributed by atoms with Crippen LogP contribution in [0.1, 0.15) is 59.6 Å². The number of aromatic nitrogens is 1. The molecule has 2 fully saturated rings. The molecule has 6 nitrogen and oxygen atoms in total. The smallest absolute Gasteiger partial charge is 0.338 e. The average Bonchev–Trinajstić information content (AvgIpc) is 3.58. The van der Waals surface area contributed by atoms with Gasteiger partial charge < -0.3 is 19.4 Å². The molecule has 1 aliphatic carbocycles. The average molecular weight is 448 g/mol. The summed E-state index contributed by atoms with van der Waals surface area (Å²) in [5.41, 5.74) is 2.11. The first kappa shape index (κ1) is 20.7. The number of furan rings is 1. The first-order valence-electron chi connectivity index (χ1n) is 10.9. The Morgan fingerprint density at radius 3 is 2.66 bits per heavy atom. The highest BCUT2D eigenvalue weighted by Gasteiger charge is 2.45. The van der Waals surface area contributed by atoms with Crippen molar-refractivity contribution in [3.05, 3.63) is 77.8 Å². The fraction of sp³-hybridized carbons (Fsp3) is 0.320. The van der Waals surface area contributed by atoms with Crippen molar-refractivity contribution in [2.75, 3.05) is 7.11 Å². The molecule has 3 aromatic rings. The molecule has 1 aliphatic heterocycles. The maximum absolute atomic E-state index is 12.3. The lowest BCUT2D eigenvalue weighted by atomic mass is 10.0. The van der Waals surface area contributed by atoms with Gasteiger partial charge in [0, 0.05) is 17.8 Å². The fourth-order valence-corrected chi connectivity index (χ4v) is 5.28. The van der Waals surface area contributed by atoms with Gasteiger partial charge in [0.25, 0.3) is 0 Å². The maximum atomic E-state index is 12.3. The second kappa shape index (κ2) is 8.74. The predicted octanol–water partition coefficient (Wildman–Crippen LogP) is 5.04. The molecule has 2 atom stereocenters. The fourth-order valence-electron chi connectivity index (χ4n) is 4.89. The highest BCUT2D eigenvalue weighted by molar-refractivity contribution is 7.80. The lowest BCUT2D eigenvalue weighted by molar-refractivity contribution is 0.0601. The summed E-state index contributed by atoms with van der Waals surface area (Å²) in [6, 6.07) is 17.3. The summed E-state index contributed by atoms with van der Waals surface area (Å²) in [5.74, 6) is 1.04. The van der Waals surface area contributed by atoms with Crippen molar-refractivity contribution >= 4 is 23.3 Å². The summed E-state index contributed by atoms with van der Waals surface area (Å²) >= 11 is 5.79. The Balaban J connectivity index is 1.56. The molecule has 164 valence electrons. The van der Waals surface area contributed by atoms with Gasteiger partial charge in [-0.15, -0.1) is 0 Å². The van der Waals surface area contributed by atoms with E-state index in [1.165, 1.54) is 20.0 Å². The molecule has 1 saturated heterocycles. The largest absolute Gasteiger partial charge is 0.465 e. The van der Waals surface area contributed by atoms with Gasteiger partial charge in [0.1, 0.15) is 17.6 Å². The van der Waals surface area contributed by atoms with E-state index in [9.17, 15) is 4.79 Å². The minimum absolute atomic E-state index is 0.112. The Labute approximate surface area is 192 Å². The number of benzene rings is 1. The van der Waals surface area contributed by atoms with E-state index in [-0.39, 0.29) is 18.1 Å². The van der Waals surface area contributed by atoms with E-state index in [1.807, 2.05) is 48.5 Å². The number of esters is 1. The van der Waals surface area contributed by atoms with Crippen LogP contribution in [0, 0.1) is 0 Å². The lowest BCUT2D eigenvalue weighted by Gasteiger charge is -2.31. The Bertz CT molecular complexity index is 1120. The van der Waals surface area contributed by atoms with Crippen molar-refractivity contribution in [2.45, 2.75) is 43.8 Å². The van der Waals surface area contributed by atoms with Gasteiger partial charge in [0.2, 0.25) is 0 Å².